The Morgan fingerprint density at radius 3 is 2.53 bits per heavy atom. The topological polar surface area (TPSA) is 147 Å². The lowest BCUT2D eigenvalue weighted by molar-refractivity contribution is -2.00. The average Bonchev–Trinajstić information content (AvgIpc) is 3.28. The van der Waals surface area contributed by atoms with Gasteiger partial charge in [-0.3, -0.25) is 9.98 Å². The quantitative estimate of drug-likeness (QED) is 0.294. The second kappa shape index (κ2) is 12.3. The van der Waals surface area contributed by atoms with Gasteiger partial charge in [0.25, 0.3) is 0 Å². The molecule has 5 rings (SSSR count). The number of aromatic nitrogens is 1. The molecule has 3 heterocycles. The third kappa shape index (κ3) is 7.28. The second-order valence-corrected chi connectivity index (χ2v) is 9.19. The molecule has 0 saturated carbocycles. The molecule has 0 amide bonds. The summed E-state index contributed by atoms with van der Waals surface area (Å²) in [5, 5.41) is 1.93. The first-order chi connectivity index (χ1) is 17.1. The van der Waals surface area contributed by atoms with Crippen molar-refractivity contribution < 1.29 is 43.0 Å². The maximum atomic E-state index is 12.2. The fourth-order valence-corrected chi connectivity index (χ4v) is 4.45. The Balaban J connectivity index is 0.000000214. The van der Waals surface area contributed by atoms with Crippen LogP contribution in [-0.2, 0) is 16.0 Å². The number of carbonyl (C=O) groups is 1. The van der Waals surface area contributed by atoms with E-state index >= 15 is 0 Å². The van der Waals surface area contributed by atoms with Crippen molar-refractivity contribution >= 4 is 35.2 Å². The summed E-state index contributed by atoms with van der Waals surface area (Å²) in [7, 11) is -4.94. The number of halogens is 1. The molecule has 1 aromatic carbocycles. The number of benzene rings is 1. The minimum atomic E-state index is -4.94. The lowest BCUT2D eigenvalue weighted by Crippen LogP contribution is -2.68. The van der Waals surface area contributed by atoms with E-state index in [2.05, 4.69) is 40.5 Å². The van der Waals surface area contributed by atoms with Crippen LogP contribution < -0.4 is 29.1 Å². The summed E-state index contributed by atoms with van der Waals surface area (Å²) < 4.78 is 41.6. The first-order valence-corrected chi connectivity index (χ1v) is 13.1. The molecule has 0 saturated heterocycles. The monoisotopic (exact) mass is 515 g/mol. The molecule has 10 heteroatoms. The van der Waals surface area contributed by atoms with Gasteiger partial charge in [0, 0.05) is 43.8 Å². The molecule has 0 N–H and O–H groups in total. The Morgan fingerprint density at radius 2 is 1.89 bits per heavy atom. The van der Waals surface area contributed by atoms with Crippen LogP contribution >= 0.6 is 0 Å². The number of hydrogen-bond donors (Lipinski definition) is 0. The summed E-state index contributed by atoms with van der Waals surface area (Å²) in [5.41, 5.74) is 6.27. The highest BCUT2D eigenvalue weighted by molar-refractivity contribution is 6.34. The molecule has 0 bridgehead atoms. The van der Waals surface area contributed by atoms with E-state index in [9.17, 15) is 4.79 Å². The van der Waals surface area contributed by atoms with E-state index in [-0.39, 0.29) is 5.97 Å². The van der Waals surface area contributed by atoms with Crippen LogP contribution in [0.2, 0.25) is 0 Å². The van der Waals surface area contributed by atoms with Crippen LogP contribution in [-0.4, -0.2) is 47.2 Å². The van der Waals surface area contributed by atoms with E-state index in [1.54, 1.807) is 18.9 Å². The molecule has 0 fully saturated rings. The smallest absolute Gasteiger partial charge is 0.340 e. The number of hydrogen-bond acceptors (Lipinski definition) is 8. The highest BCUT2D eigenvalue weighted by atomic mass is 35.7. The van der Waals surface area contributed by atoms with Crippen LogP contribution in [0.4, 0.5) is 5.69 Å². The second-order valence-electron chi connectivity index (χ2n) is 8.44. The molecule has 0 radical (unpaired) electrons. The Kier molecular flexibility index (Phi) is 9.47. The van der Waals surface area contributed by atoms with Crippen molar-refractivity contribution in [3.63, 3.8) is 0 Å². The maximum absolute atomic E-state index is 12.2. The van der Waals surface area contributed by atoms with Gasteiger partial charge in [0.15, 0.2) is 0 Å². The Bertz CT molecular complexity index is 1290. The zero-order chi connectivity index (χ0) is 26.3. The molecule has 0 atom stereocenters. The van der Waals surface area contributed by atoms with Gasteiger partial charge in [-0.15, -0.1) is 10.2 Å². The van der Waals surface area contributed by atoms with Crippen LogP contribution in [0, 0.1) is 10.2 Å². The van der Waals surface area contributed by atoms with E-state index in [0.29, 0.717) is 12.2 Å². The van der Waals surface area contributed by atoms with Crippen LogP contribution in [0.15, 0.2) is 35.5 Å². The van der Waals surface area contributed by atoms with Gasteiger partial charge in [0.2, 0.25) is 0 Å². The fourth-order valence-electron chi connectivity index (χ4n) is 4.45. The van der Waals surface area contributed by atoms with Gasteiger partial charge < -0.3 is 4.74 Å². The summed E-state index contributed by atoms with van der Waals surface area (Å²) in [6.07, 6.45) is 10.4. The molecule has 2 aromatic rings. The van der Waals surface area contributed by atoms with Gasteiger partial charge >= 0.3 is 5.97 Å². The fraction of sp³-hybridized carbons (Fsp3) is 0.385. The van der Waals surface area contributed by atoms with Crippen molar-refractivity contribution in [2.45, 2.75) is 46.5 Å². The Hall–Kier alpha value is -2.95. The van der Waals surface area contributed by atoms with Crippen LogP contribution in [0.1, 0.15) is 56.9 Å². The predicted octanol–water partition coefficient (Wildman–Crippen LogP) is -1.85. The van der Waals surface area contributed by atoms with Crippen LogP contribution in [0.5, 0.6) is 0 Å². The Morgan fingerprint density at radius 1 is 1.14 bits per heavy atom. The van der Waals surface area contributed by atoms with Crippen LogP contribution in [0.25, 0.3) is 11.6 Å². The van der Waals surface area contributed by atoms with Gasteiger partial charge in [-0.05, 0) is 54.8 Å². The van der Waals surface area contributed by atoms with Gasteiger partial charge in [0.1, 0.15) is 18.8 Å². The van der Waals surface area contributed by atoms with Gasteiger partial charge in [0.05, 0.1) is 23.6 Å². The number of carbonyl (C=O) groups excluding carboxylic acids is 1. The van der Waals surface area contributed by atoms with Crippen molar-refractivity contribution in [2.75, 3.05) is 19.7 Å². The number of nitrogens with zero attached hydrogens (tertiary/aromatic N) is 3. The number of aliphatic imine (C=N–C) groups is 1. The molecule has 192 valence electrons. The van der Waals surface area contributed by atoms with E-state index in [0.717, 1.165) is 39.4 Å². The third-order valence-corrected chi connectivity index (χ3v) is 6.13. The number of fused-ring (bicyclic) bond motifs is 4. The summed E-state index contributed by atoms with van der Waals surface area (Å²) in [4.78, 5) is 20.9. The average molecular weight is 516 g/mol. The van der Waals surface area contributed by atoms with Gasteiger partial charge in [-0.25, -0.2) is 28.0 Å². The SMILES string of the molecule is CCOC(=O)C1=c2c(ccc3c2=Cc2cccnc2C3)N=C1.CC[N+]1=C(C)CCCC1.[O-][Cl+3]([O-])([O-])[O-]. The number of rotatable bonds is 3. The highest BCUT2D eigenvalue weighted by Crippen LogP contribution is 2.18. The van der Waals surface area contributed by atoms with Crippen molar-refractivity contribution in [3.05, 3.63) is 57.7 Å². The van der Waals surface area contributed by atoms with E-state index in [4.69, 9.17) is 23.4 Å². The minimum Gasteiger partial charge on any atom is -0.462 e. The minimum absolute atomic E-state index is 0.316. The molecule has 0 spiro atoms. The molecule has 3 aliphatic rings. The van der Waals surface area contributed by atoms with Crippen LogP contribution in [0.3, 0.4) is 0 Å². The first kappa shape index (κ1) is 27.6. The molecule has 9 nitrogen and oxygen atoms in total. The molecule has 36 heavy (non-hydrogen) atoms. The zero-order valence-corrected chi connectivity index (χ0v) is 21.4. The summed E-state index contributed by atoms with van der Waals surface area (Å²) >= 11 is 0. The maximum Gasteiger partial charge on any atom is 0.340 e. The predicted molar refractivity (Wildman–Crippen MR) is 125 cm³/mol. The number of pyridine rings is 1. The summed E-state index contributed by atoms with van der Waals surface area (Å²) in [6, 6.07) is 7.99. The summed E-state index contributed by atoms with van der Waals surface area (Å²) in [6.45, 7) is 9.14. The number of esters is 1. The van der Waals surface area contributed by atoms with E-state index in [1.165, 1.54) is 32.4 Å². The zero-order valence-electron chi connectivity index (χ0n) is 20.7. The summed E-state index contributed by atoms with van der Waals surface area (Å²) in [5.74, 6) is -0.316. The highest BCUT2D eigenvalue weighted by Gasteiger charge is 2.20. The van der Waals surface area contributed by atoms with Crippen molar-refractivity contribution in [2.24, 2.45) is 4.99 Å². The molecular formula is C26H30ClN3O6. The van der Waals surface area contributed by atoms with Crippen molar-refractivity contribution in [3.8, 4) is 0 Å². The third-order valence-electron chi connectivity index (χ3n) is 6.13. The Labute approximate surface area is 212 Å². The standard InChI is InChI=1S/C18H14N2O2.C8H16N.ClHO4/c1-2-22-18(21)14-10-20-15-6-5-11-9-16-12(4-3-7-19-16)8-13(11)17(14)15;1-3-9-7-5-4-6-8(9)2;2-1(3,4)5/h3-8,10H,2,9H2,1H3;3-7H2,1-2H3;(H,2,3,4,5)/q;+1;/p-1. The largest absolute Gasteiger partial charge is 0.462 e. The molecule has 1 aliphatic carbocycles. The molecule has 2 aliphatic heterocycles. The molecule has 0 unspecified atom stereocenters. The van der Waals surface area contributed by atoms with E-state index < -0.39 is 10.2 Å². The van der Waals surface area contributed by atoms with Gasteiger partial charge in [-0.2, -0.15) is 0 Å². The number of ether oxygens (including phenoxy) is 1. The van der Waals surface area contributed by atoms with Crippen molar-refractivity contribution in [1.82, 2.24) is 4.98 Å². The van der Waals surface area contributed by atoms with Gasteiger partial charge in [-0.1, -0.05) is 12.1 Å². The van der Waals surface area contributed by atoms with E-state index in [1.807, 2.05) is 24.4 Å². The lowest BCUT2D eigenvalue weighted by Gasteiger charge is -2.17. The normalized spacial score (nSPS) is 15.4. The first-order valence-electron chi connectivity index (χ1n) is 11.8. The lowest BCUT2D eigenvalue weighted by atomic mass is 9.94. The molecular weight excluding hydrogens is 486 g/mol. The van der Waals surface area contributed by atoms with Crippen molar-refractivity contribution in [1.29, 1.82) is 0 Å². The molecule has 1 aromatic heterocycles.